The predicted octanol–water partition coefficient (Wildman–Crippen LogP) is 7.35. The smallest absolute Gasteiger partial charge is 0.416 e. The van der Waals surface area contributed by atoms with Crippen LogP contribution < -0.4 is 4.90 Å². The molecule has 37 heavy (non-hydrogen) atoms. The molecule has 1 aliphatic rings. The second-order valence-corrected chi connectivity index (χ2v) is 9.88. The van der Waals surface area contributed by atoms with Crippen molar-refractivity contribution in [2.75, 3.05) is 25.1 Å². The number of carbonyl (C=O) groups excluding carboxylic acids is 1. The van der Waals surface area contributed by atoms with Gasteiger partial charge in [-0.1, -0.05) is 42.7 Å². The standard InChI is InChI=1S/C29H34F3N3O2/c1-4-34(17-21-9-5-6-10-21)27-24(16-23-11-7-8-12-26(23)33-27)19-35(28(36)37-3)18-22-13-20(2)14-25(15-22)29(30,31)32/h7-8,11-16,21H,4-6,9-10,17-19H2,1-3H3. The summed E-state index contributed by atoms with van der Waals surface area (Å²) in [5.74, 6) is 1.41. The molecule has 2 aromatic carbocycles. The largest absolute Gasteiger partial charge is 0.453 e. The van der Waals surface area contributed by atoms with Gasteiger partial charge in [-0.2, -0.15) is 13.2 Å². The summed E-state index contributed by atoms with van der Waals surface area (Å²) in [7, 11) is 1.28. The first-order valence-corrected chi connectivity index (χ1v) is 12.8. The summed E-state index contributed by atoms with van der Waals surface area (Å²) in [6.07, 6.45) is -0.188. The highest BCUT2D eigenvalue weighted by Gasteiger charge is 2.31. The Morgan fingerprint density at radius 1 is 1.08 bits per heavy atom. The van der Waals surface area contributed by atoms with Gasteiger partial charge in [0.25, 0.3) is 0 Å². The van der Waals surface area contributed by atoms with Gasteiger partial charge in [0.1, 0.15) is 5.82 Å². The minimum absolute atomic E-state index is 0.0154. The SMILES string of the molecule is CCN(CC1CCCC1)c1nc2ccccc2cc1CN(Cc1cc(C)cc(C(F)(F)F)c1)C(=O)OC. The number of rotatable bonds is 8. The van der Waals surface area contributed by atoms with Crippen LogP contribution in [0.1, 0.15) is 54.9 Å². The van der Waals surface area contributed by atoms with Gasteiger partial charge in [-0.25, -0.2) is 9.78 Å². The number of amides is 1. The van der Waals surface area contributed by atoms with Crippen molar-refractivity contribution in [1.29, 1.82) is 0 Å². The Balaban J connectivity index is 1.71. The molecule has 8 heteroatoms. The Morgan fingerprint density at radius 2 is 1.81 bits per heavy atom. The fraction of sp³-hybridized carbons (Fsp3) is 0.448. The third-order valence-corrected chi connectivity index (χ3v) is 7.05. The van der Waals surface area contributed by atoms with Crippen molar-refractivity contribution in [3.63, 3.8) is 0 Å². The molecule has 1 heterocycles. The van der Waals surface area contributed by atoms with Crippen LogP contribution in [0.2, 0.25) is 0 Å². The Labute approximate surface area is 216 Å². The summed E-state index contributed by atoms with van der Waals surface area (Å²) in [4.78, 5) is 21.5. The lowest BCUT2D eigenvalue weighted by molar-refractivity contribution is -0.137. The van der Waals surface area contributed by atoms with Crippen LogP contribution in [-0.4, -0.2) is 36.2 Å². The van der Waals surface area contributed by atoms with Crippen LogP contribution in [0.25, 0.3) is 10.9 Å². The van der Waals surface area contributed by atoms with Gasteiger partial charge in [0.15, 0.2) is 0 Å². The molecule has 0 atom stereocenters. The zero-order chi connectivity index (χ0) is 26.6. The number of methoxy groups -OCH3 is 1. The van der Waals surface area contributed by atoms with E-state index in [4.69, 9.17) is 9.72 Å². The van der Waals surface area contributed by atoms with Crippen molar-refractivity contribution >= 4 is 22.8 Å². The molecule has 1 aromatic heterocycles. The lowest BCUT2D eigenvalue weighted by Crippen LogP contribution is -2.33. The van der Waals surface area contributed by atoms with Gasteiger partial charge in [0.2, 0.25) is 0 Å². The Bertz CT molecular complexity index is 1240. The molecule has 0 spiro atoms. The predicted molar refractivity (Wildman–Crippen MR) is 139 cm³/mol. The fourth-order valence-electron chi connectivity index (χ4n) is 5.27. The first kappa shape index (κ1) is 26.8. The van der Waals surface area contributed by atoms with Crippen LogP contribution >= 0.6 is 0 Å². The molecule has 0 bridgehead atoms. The molecular weight excluding hydrogens is 479 g/mol. The van der Waals surface area contributed by atoms with Crippen molar-refractivity contribution in [3.8, 4) is 0 Å². The van der Waals surface area contributed by atoms with E-state index in [0.29, 0.717) is 17.0 Å². The van der Waals surface area contributed by atoms with Gasteiger partial charge in [-0.15, -0.1) is 0 Å². The Kier molecular flexibility index (Phi) is 8.25. The fourth-order valence-corrected chi connectivity index (χ4v) is 5.27. The van der Waals surface area contributed by atoms with Crippen LogP contribution in [0, 0.1) is 12.8 Å². The van der Waals surface area contributed by atoms with E-state index in [2.05, 4.69) is 11.8 Å². The normalized spacial score (nSPS) is 14.2. The number of hydrogen-bond acceptors (Lipinski definition) is 4. The highest BCUT2D eigenvalue weighted by molar-refractivity contribution is 5.82. The maximum Gasteiger partial charge on any atom is 0.416 e. The third-order valence-electron chi connectivity index (χ3n) is 7.05. The zero-order valence-electron chi connectivity index (χ0n) is 21.6. The van der Waals surface area contributed by atoms with E-state index in [1.807, 2.05) is 30.3 Å². The van der Waals surface area contributed by atoms with Gasteiger partial charge in [0, 0.05) is 30.6 Å². The van der Waals surface area contributed by atoms with E-state index in [0.717, 1.165) is 47.5 Å². The van der Waals surface area contributed by atoms with E-state index < -0.39 is 17.8 Å². The monoisotopic (exact) mass is 513 g/mol. The number of pyridine rings is 1. The quantitative estimate of drug-likeness (QED) is 0.316. The maximum atomic E-state index is 13.4. The molecule has 1 fully saturated rings. The molecule has 0 aliphatic heterocycles. The molecule has 1 saturated carbocycles. The lowest BCUT2D eigenvalue weighted by atomic mass is 10.0. The van der Waals surface area contributed by atoms with E-state index in [1.165, 1.54) is 37.7 Å². The number of anilines is 1. The van der Waals surface area contributed by atoms with Crippen LogP contribution in [0.5, 0.6) is 0 Å². The number of ether oxygens (including phenoxy) is 1. The summed E-state index contributed by atoms with van der Waals surface area (Å²) in [6.45, 7) is 5.52. The van der Waals surface area contributed by atoms with E-state index in [-0.39, 0.29) is 13.1 Å². The first-order chi connectivity index (χ1) is 17.7. The topological polar surface area (TPSA) is 45.7 Å². The molecule has 4 rings (SSSR count). The highest BCUT2D eigenvalue weighted by atomic mass is 19.4. The van der Waals surface area contributed by atoms with Gasteiger partial charge in [0.05, 0.1) is 24.7 Å². The van der Waals surface area contributed by atoms with E-state index in [9.17, 15) is 18.0 Å². The summed E-state index contributed by atoms with van der Waals surface area (Å²) < 4.78 is 45.3. The number of hydrogen-bond donors (Lipinski definition) is 0. The van der Waals surface area contributed by atoms with Crippen molar-refractivity contribution in [1.82, 2.24) is 9.88 Å². The van der Waals surface area contributed by atoms with Crippen molar-refractivity contribution < 1.29 is 22.7 Å². The summed E-state index contributed by atoms with van der Waals surface area (Å²) in [5, 5.41) is 0.942. The number of benzene rings is 2. The lowest BCUT2D eigenvalue weighted by Gasteiger charge is -2.30. The second kappa shape index (κ2) is 11.4. The summed E-state index contributed by atoms with van der Waals surface area (Å²) in [5.41, 5.74) is 1.86. The molecule has 0 radical (unpaired) electrons. The average Bonchev–Trinajstić information content (AvgIpc) is 3.38. The van der Waals surface area contributed by atoms with E-state index >= 15 is 0 Å². The van der Waals surface area contributed by atoms with Crippen LogP contribution in [-0.2, 0) is 24.0 Å². The minimum atomic E-state index is -4.46. The number of aryl methyl sites for hydroxylation is 1. The van der Waals surface area contributed by atoms with Crippen LogP contribution in [0.4, 0.5) is 23.8 Å². The number of carbonyl (C=O) groups is 1. The number of para-hydroxylation sites is 1. The molecule has 5 nitrogen and oxygen atoms in total. The van der Waals surface area contributed by atoms with Gasteiger partial charge < -0.3 is 9.64 Å². The number of aromatic nitrogens is 1. The van der Waals surface area contributed by atoms with Gasteiger partial charge in [-0.05, 0) is 62.4 Å². The molecule has 198 valence electrons. The van der Waals surface area contributed by atoms with Crippen LogP contribution in [0.15, 0.2) is 48.5 Å². The average molecular weight is 514 g/mol. The number of alkyl halides is 3. The number of nitrogens with zero attached hydrogens (tertiary/aromatic N) is 3. The molecule has 0 N–H and O–H groups in total. The van der Waals surface area contributed by atoms with Crippen LogP contribution in [0.3, 0.4) is 0 Å². The van der Waals surface area contributed by atoms with Crippen molar-refractivity contribution in [3.05, 3.63) is 70.8 Å². The van der Waals surface area contributed by atoms with E-state index in [1.54, 1.807) is 13.0 Å². The molecule has 1 aliphatic carbocycles. The summed E-state index contributed by atoms with van der Waals surface area (Å²) >= 11 is 0. The Hall–Kier alpha value is -3.29. The van der Waals surface area contributed by atoms with Crippen molar-refractivity contribution in [2.24, 2.45) is 5.92 Å². The first-order valence-electron chi connectivity index (χ1n) is 12.8. The second-order valence-electron chi connectivity index (χ2n) is 9.88. The number of fused-ring (bicyclic) bond motifs is 1. The Morgan fingerprint density at radius 3 is 2.49 bits per heavy atom. The zero-order valence-corrected chi connectivity index (χ0v) is 21.6. The molecule has 3 aromatic rings. The minimum Gasteiger partial charge on any atom is -0.453 e. The maximum absolute atomic E-state index is 13.4. The third kappa shape index (κ3) is 6.53. The highest BCUT2D eigenvalue weighted by Crippen LogP contribution is 2.32. The molecule has 1 amide bonds. The van der Waals surface area contributed by atoms with Gasteiger partial charge in [-0.3, -0.25) is 4.90 Å². The summed E-state index contributed by atoms with van der Waals surface area (Å²) in [6, 6.07) is 13.7. The van der Waals surface area contributed by atoms with Gasteiger partial charge >= 0.3 is 12.3 Å². The number of halogens is 3. The van der Waals surface area contributed by atoms with Crippen molar-refractivity contribution in [2.45, 2.75) is 58.8 Å². The molecule has 0 unspecified atom stereocenters. The molecule has 0 saturated heterocycles. The molecular formula is C29H34F3N3O2.